The van der Waals surface area contributed by atoms with Crippen molar-refractivity contribution in [3.8, 4) is 0 Å². The summed E-state index contributed by atoms with van der Waals surface area (Å²) >= 11 is 0. The summed E-state index contributed by atoms with van der Waals surface area (Å²) in [7, 11) is 0. The molecule has 2 N–H and O–H groups in total. The molecule has 2 unspecified atom stereocenters. The molecule has 0 aromatic rings. The molecule has 112 valence electrons. The number of hydrogen-bond acceptors (Lipinski definition) is 3. The third-order valence-electron chi connectivity index (χ3n) is 3.21. The Hall–Kier alpha value is -1.10. The Morgan fingerprint density at radius 2 is 1.21 bits per heavy atom. The normalized spacial score (nSPS) is 14.0. The van der Waals surface area contributed by atoms with E-state index in [9.17, 15) is 9.59 Å². The molecule has 2 atom stereocenters. The van der Waals surface area contributed by atoms with Crippen LogP contribution in [0.3, 0.4) is 0 Å². The second kappa shape index (κ2) is 10.8. The van der Waals surface area contributed by atoms with Gasteiger partial charge in [-0.1, -0.05) is 13.8 Å². The van der Waals surface area contributed by atoms with Gasteiger partial charge in [-0.3, -0.25) is 9.59 Å². The van der Waals surface area contributed by atoms with Gasteiger partial charge < -0.3 is 14.9 Å². The van der Waals surface area contributed by atoms with Crippen molar-refractivity contribution in [3.05, 3.63) is 0 Å². The highest BCUT2D eigenvalue weighted by molar-refractivity contribution is 5.66. The number of carboxylic acids is 2. The minimum atomic E-state index is -0.750. The Balaban J connectivity index is 3.38. The summed E-state index contributed by atoms with van der Waals surface area (Å²) in [5.41, 5.74) is 0. The lowest BCUT2D eigenvalue weighted by molar-refractivity contribution is -0.138. The Morgan fingerprint density at radius 1 is 0.842 bits per heavy atom. The average Bonchev–Trinajstić information content (AvgIpc) is 2.33. The van der Waals surface area contributed by atoms with E-state index in [4.69, 9.17) is 14.9 Å². The monoisotopic (exact) mass is 274 g/mol. The molecule has 19 heavy (non-hydrogen) atoms. The number of rotatable bonds is 12. The second-order valence-electron chi connectivity index (χ2n) is 5.26. The first-order valence-corrected chi connectivity index (χ1v) is 6.93. The summed E-state index contributed by atoms with van der Waals surface area (Å²) in [5.74, 6) is -0.777. The molecule has 0 spiro atoms. The van der Waals surface area contributed by atoms with Crippen molar-refractivity contribution in [1.29, 1.82) is 0 Å². The molecule has 5 nitrogen and oxygen atoms in total. The number of carbonyl (C=O) groups is 2. The predicted octanol–water partition coefficient (Wildman–Crippen LogP) is 2.79. The van der Waals surface area contributed by atoms with Gasteiger partial charge in [0, 0.05) is 26.1 Å². The molecule has 0 saturated heterocycles. The van der Waals surface area contributed by atoms with Gasteiger partial charge in [-0.2, -0.15) is 0 Å². The van der Waals surface area contributed by atoms with E-state index in [1.165, 1.54) is 0 Å². The summed E-state index contributed by atoms with van der Waals surface area (Å²) in [5, 5.41) is 17.1. The summed E-state index contributed by atoms with van der Waals surface area (Å²) in [6, 6.07) is 0. The Labute approximate surface area is 115 Å². The van der Waals surface area contributed by atoms with Gasteiger partial charge in [0.25, 0.3) is 0 Å². The topological polar surface area (TPSA) is 83.8 Å². The van der Waals surface area contributed by atoms with E-state index in [0.29, 0.717) is 37.9 Å². The fraction of sp³-hybridized carbons (Fsp3) is 0.857. The maximum Gasteiger partial charge on any atom is 0.303 e. The van der Waals surface area contributed by atoms with Crippen LogP contribution in [0.15, 0.2) is 0 Å². The van der Waals surface area contributed by atoms with Crippen LogP contribution >= 0.6 is 0 Å². The summed E-state index contributed by atoms with van der Waals surface area (Å²) in [4.78, 5) is 20.8. The van der Waals surface area contributed by atoms with Gasteiger partial charge in [-0.05, 0) is 37.5 Å². The van der Waals surface area contributed by atoms with E-state index in [1.54, 1.807) is 0 Å². The minimum Gasteiger partial charge on any atom is -0.481 e. The standard InChI is InChI=1S/C14H26O5/c1-11(3-5-13(15)16)7-9-19-10-8-12(2)4-6-14(17)18/h11-12H,3-10H2,1-2H3,(H,15,16)(H,17,18). The molecule has 0 aliphatic heterocycles. The van der Waals surface area contributed by atoms with Gasteiger partial charge >= 0.3 is 11.9 Å². The van der Waals surface area contributed by atoms with Crippen LogP contribution in [0, 0.1) is 11.8 Å². The third kappa shape index (κ3) is 13.1. The number of carboxylic acid groups (broad SMARTS) is 2. The lowest BCUT2D eigenvalue weighted by Gasteiger charge is -2.12. The van der Waals surface area contributed by atoms with Crippen molar-refractivity contribution in [2.24, 2.45) is 11.8 Å². The van der Waals surface area contributed by atoms with Gasteiger partial charge in [0.1, 0.15) is 0 Å². The molecule has 0 bridgehead atoms. The minimum absolute atomic E-state index is 0.216. The third-order valence-corrected chi connectivity index (χ3v) is 3.21. The van der Waals surface area contributed by atoms with Crippen LogP contribution in [-0.2, 0) is 14.3 Å². The molecular formula is C14H26O5. The van der Waals surface area contributed by atoms with Crippen molar-refractivity contribution in [1.82, 2.24) is 0 Å². The van der Waals surface area contributed by atoms with Crippen molar-refractivity contribution in [3.63, 3.8) is 0 Å². The maximum absolute atomic E-state index is 10.4. The van der Waals surface area contributed by atoms with Gasteiger partial charge in [0.2, 0.25) is 0 Å². The SMILES string of the molecule is CC(CCOCCC(C)CCC(=O)O)CCC(=O)O. The zero-order valence-corrected chi connectivity index (χ0v) is 11.9. The van der Waals surface area contributed by atoms with E-state index >= 15 is 0 Å². The highest BCUT2D eigenvalue weighted by atomic mass is 16.5. The van der Waals surface area contributed by atoms with Crippen LogP contribution in [0.1, 0.15) is 52.4 Å². The first-order valence-electron chi connectivity index (χ1n) is 6.93. The van der Waals surface area contributed by atoms with E-state index in [2.05, 4.69) is 0 Å². The van der Waals surface area contributed by atoms with E-state index in [1.807, 2.05) is 13.8 Å². The van der Waals surface area contributed by atoms with Gasteiger partial charge in [-0.15, -0.1) is 0 Å². The van der Waals surface area contributed by atoms with Crippen LogP contribution in [0.5, 0.6) is 0 Å². The molecule has 0 radical (unpaired) electrons. The molecule has 0 heterocycles. The molecule has 0 aromatic heterocycles. The molecule has 0 aliphatic carbocycles. The first kappa shape index (κ1) is 17.9. The fourth-order valence-corrected chi connectivity index (χ4v) is 1.70. The number of aliphatic carboxylic acids is 2. The molecular weight excluding hydrogens is 248 g/mol. The Kier molecular flexibility index (Phi) is 10.2. The fourth-order valence-electron chi connectivity index (χ4n) is 1.70. The first-order chi connectivity index (χ1) is 8.91. The Morgan fingerprint density at radius 3 is 1.53 bits per heavy atom. The van der Waals surface area contributed by atoms with Crippen LogP contribution in [0.2, 0.25) is 0 Å². The zero-order chi connectivity index (χ0) is 14.7. The molecule has 0 aliphatic rings. The van der Waals surface area contributed by atoms with Gasteiger partial charge in [0.15, 0.2) is 0 Å². The van der Waals surface area contributed by atoms with Crippen molar-refractivity contribution in [2.45, 2.75) is 52.4 Å². The average molecular weight is 274 g/mol. The molecule has 0 saturated carbocycles. The van der Waals surface area contributed by atoms with Gasteiger partial charge in [0.05, 0.1) is 0 Å². The number of ether oxygens (including phenoxy) is 1. The van der Waals surface area contributed by atoms with E-state index in [0.717, 1.165) is 12.8 Å². The summed E-state index contributed by atoms with van der Waals surface area (Å²) in [6.45, 7) is 5.35. The predicted molar refractivity (Wildman–Crippen MR) is 72.1 cm³/mol. The smallest absolute Gasteiger partial charge is 0.303 e. The van der Waals surface area contributed by atoms with Gasteiger partial charge in [-0.25, -0.2) is 0 Å². The zero-order valence-electron chi connectivity index (χ0n) is 11.9. The Bertz CT molecular complexity index is 239. The van der Waals surface area contributed by atoms with Crippen LogP contribution < -0.4 is 0 Å². The second-order valence-corrected chi connectivity index (χ2v) is 5.26. The largest absolute Gasteiger partial charge is 0.481 e. The lowest BCUT2D eigenvalue weighted by Crippen LogP contribution is -2.08. The van der Waals surface area contributed by atoms with E-state index in [-0.39, 0.29) is 12.8 Å². The summed E-state index contributed by atoms with van der Waals surface area (Å²) in [6.07, 6.45) is 3.55. The van der Waals surface area contributed by atoms with Crippen molar-refractivity contribution < 1.29 is 24.5 Å². The van der Waals surface area contributed by atoms with E-state index < -0.39 is 11.9 Å². The van der Waals surface area contributed by atoms with Crippen molar-refractivity contribution in [2.75, 3.05) is 13.2 Å². The molecule has 0 rings (SSSR count). The highest BCUT2D eigenvalue weighted by Gasteiger charge is 2.07. The molecule has 0 amide bonds. The molecule has 5 heteroatoms. The summed E-state index contributed by atoms with van der Waals surface area (Å²) < 4.78 is 5.49. The number of hydrogen-bond donors (Lipinski definition) is 2. The quantitative estimate of drug-likeness (QED) is 0.535. The highest BCUT2D eigenvalue weighted by Crippen LogP contribution is 2.12. The molecule has 0 fully saturated rings. The van der Waals surface area contributed by atoms with Crippen LogP contribution in [0.4, 0.5) is 0 Å². The van der Waals surface area contributed by atoms with Crippen molar-refractivity contribution >= 4 is 11.9 Å². The van der Waals surface area contributed by atoms with Crippen LogP contribution in [-0.4, -0.2) is 35.4 Å². The maximum atomic E-state index is 10.4. The molecule has 0 aromatic carbocycles. The van der Waals surface area contributed by atoms with Crippen LogP contribution in [0.25, 0.3) is 0 Å². The lowest BCUT2D eigenvalue weighted by atomic mass is 10.0.